The molecule has 1 aromatic rings. The minimum absolute atomic E-state index is 0.0441. The highest BCUT2D eigenvalue weighted by Gasteiger charge is 2.03. The first-order valence-corrected chi connectivity index (χ1v) is 5.92. The molecule has 0 fully saturated rings. The molecule has 0 saturated heterocycles. The van der Waals surface area contributed by atoms with Crippen molar-refractivity contribution in [1.29, 1.82) is 0 Å². The second-order valence-corrected chi connectivity index (χ2v) is 4.31. The molecule has 0 bridgehead atoms. The normalized spacial score (nSPS) is 9.06. The standard InChI is InChI=1S/C13H12O3S/c1-10(14)17-8-4-6-11-5-3-7-12(9-11)13(15)16-2/h3,5,7,9H,8H2,1-2H3. The maximum Gasteiger partial charge on any atom is 0.337 e. The van der Waals surface area contributed by atoms with Gasteiger partial charge in [0.25, 0.3) is 0 Å². The summed E-state index contributed by atoms with van der Waals surface area (Å²) < 4.78 is 4.61. The van der Waals surface area contributed by atoms with Gasteiger partial charge in [-0.2, -0.15) is 0 Å². The number of esters is 1. The Morgan fingerprint density at radius 3 is 2.82 bits per heavy atom. The van der Waals surface area contributed by atoms with Gasteiger partial charge in [-0.25, -0.2) is 4.79 Å². The molecule has 0 N–H and O–H groups in total. The van der Waals surface area contributed by atoms with Crippen LogP contribution < -0.4 is 0 Å². The van der Waals surface area contributed by atoms with Gasteiger partial charge in [0.2, 0.25) is 0 Å². The van der Waals surface area contributed by atoms with Crippen LogP contribution in [0.25, 0.3) is 0 Å². The minimum Gasteiger partial charge on any atom is -0.465 e. The molecule has 0 aromatic heterocycles. The molecule has 3 nitrogen and oxygen atoms in total. The molecule has 1 aromatic carbocycles. The predicted molar refractivity (Wildman–Crippen MR) is 67.8 cm³/mol. The van der Waals surface area contributed by atoms with E-state index in [1.54, 1.807) is 24.3 Å². The molecule has 0 heterocycles. The summed E-state index contributed by atoms with van der Waals surface area (Å²) in [5, 5.41) is 0.0441. The lowest BCUT2D eigenvalue weighted by molar-refractivity contribution is -0.109. The molecule has 0 atom stereocenters. The first kappa shape index (κ1) is 13.3. The summed E-state index contributed by atoms with van der Waals surface area (Å²) in [4.78, 5) is 21.9. The van der Waals surface area contributed by atoms with Crippen molar-refractivity contribution in [3.8, 4) is 11.8 Å². The zero-order valence-electron chi connectivity index (χ0n) is 9.65. The van der Waals surface area contributed by atoms with Gasteiger partial charge in [-0.05, 0) is 18.2 Å². The average Bonchev–Trinajstić information content (AvgIpc) is 2.34. The second-order valence-electron chi connectivity index (χ2n) is 3.15. The zero-order valence-corrected chi connectivity index (χ0v) is 10.5. The van der Waals surface area contributed by atoms with Crippen LogP contribution in [0.3, 0.4) is 0 Å². The third kappa shape index (κ3) is 4.75. The highest BCUT2D eigenvalue weighted by atomic mass is 32.2. The van der Waals surface area contributed by atoms with E-state index in [1.807, 2.05) is 0 Å². The van der Waals surface area contributed by atoms with Gasteiger partial charge in [0, 0.05) is 12.5 Å². The molecule has 0 radical (unpaired) electrons. The van der Waals surface area contributed by atoms with E-state index in [9.17, 15) is 9.59 Å². The van der Waals surface area contributed by atoms with Crippen LogP contribution in [0.1, 0.15) is 22.8 Å². The maximum absolute atomic E-state index is 11.3. The van der Waals surface area contributed by atoms with E-state index < -0.39 is 0 Å². The molecular weight excluding hydrogens is 236 g/mol. The Balaban J connectivity index is 2.71. The molecule has 0 aliphatic heterocycles. The van der Waals surface area contributed by atoms with E-state index in [4.69, 9.17) is 0 Å². The van der Waals surface area contributed by atoms with Gasteiger partial charge in [0.15, 0.2) is 5.12 Å². The molecule has 88 valence electrons. The van der Waals surface area contributed by atoms with Crippen molar-refractivity contribution in [1.82, 2.24) is 0 Å². The fourth-order valence-corrected chi connectivity index (χ4v) is 1.47. The van der Waals surface area contributed by atoms with Gasteiger partial charge >= 0.3 is 5.97 Å². The van der Waals surface area contributed by atoms with E-state index in [1.165, 1.54) is 14.0 Å². The van der Waals surface area contributed by atoms with Gasteiger partial charge in [-0.1, -0.05) is 29.7 Å². The van der Waals surface area contributed by atoms with Crippen LogP contribution in [0.2, 0.25) is 0 Å². The van der Waals surface area contributed by atoms with Crippen molar-refractivity contribution >= 4 is 22.8 Å². The molecule has 4 heteroatoms. The Kier molecular flexibility index (Phi) is 5.31. The topological polar surface area (TPSA) is 43.4 Å². The van der Waals surface area contributed by atoms with E-state index in [2.05, 4.69) is 16.6 Å². The zero-order chi connectivity index (χ0) is 12.7. The van der Waals surface area contributed by atoms with E-state index in [0.717, 1.165) is 17.3 Å². The minimum atomic E-state index is -0.383. The van der Waals surface area contributed by atoms with Gasteiger partial charge in [-0.3, -0.25) is 4.79 Å². The quantitative estimate of drug-likeness (QED) is 0.594. The fraction of sp³-hybridized carbons (Fsp3) is 0.231. The summed E-state index contributed by atoms with van der Waals surface area (Å²) in [5.74, 6) is 5.82. The molecule has 0 saturated carbocycles. The number of hydrogen-bond donors (Lipinski definition) is 0. The fourth-order valence-electron chi connectivity index (χ4n) is 1.12. The third-order valence-electron chi connectivity index (χ3n) is 1.86. The number of carbonyl (C=O) groups is 2. The highest BCUT2D eigenvalue weighted by Crippen LogP contribution is 2.06. The summed E-state index contributed by atoms with van der Waals surface area (Å²) in [5.41, 5.74) is 1.20. The summed E-state index contributed by atoms with van der Waals surface area (Å²) in [6, 6.07) is 6.88. The lowest BCUT2D eigenvalue weighted by Gasteiger charge is -1.98. The molecule has 0 unspecified atom stereocenters. The van der Waals surface area contributed by atoms with Crippen LogP contribution in [0.5, 0.6) is 0 Å². The van der Waals surface area contributed by atoms with Gasteiger partial charge in [-0.15, -0.1) is 0 Å². The van der Waals surface area contributed by atoms with Crippen molar-refractivity contribution in [2.24, 2.45) is 0 Å². The van der Waals surface area contributed by atoms with E-state index in [-0.39, 0.29) is 11.1 Å². The van der Waals surface area contributed by atoms with Crippen molar-refractivity contribution in [2.45, 2.75) is 6.92 Å². The van der Waals surface area contributed by atoms with Gasteiger partial charge < -0.3 is 4.74 Å². The lowest BCUT2D eigenvalue weighted by atomic mass is 10.1. The number of rotatable bonds is 2. The molecule has 17 heavy (non-hydrogen) atoms. The maximum atomic E-state index is 11.3. The predicted octanol–water partition coefficient (Wildman–Crippen LogP) is 2.10. The molecule has 0 amide bonds. The number of benzene rings is 1. The van der Waals surface area contributed by atoms with Crippen LogP contribution in [-0.4, -0.2) is 23.9 Å². The summed E-state index contributed by atoms with van der Waals surface area (Å²) in [6.45, 7) is 1.50. The Bertz CT molecular complexity index is 483. The van der Waals surface area contributed by atoms with Crippen molar-refractivity contribution < 1.29 is 14.3 Å². The van der Waals surface area contributed by atoms with Gasteiger partial charge in [0.05, 0.1) is 18.4 Å². The number of carbonyl (C=O) groups excluding carboxylic acids is 2. The SMILES string of the molecule is COC(=O)c1cccc(C#CCSC(C)=O)c1. The summed E-state index contributed by atoms with van der Waals surface area (Å²) in [7, 11) is 1.34. The van der Waals surface area contributed by atoms with Crippen LogP contribution in [0.15, 0.2) is 24.3 Å². The Labute approximate surface area is 105 Å². The Morgan fingerprint density at radius 1 is 1.41 bits per heavy atom. The van der Waals surface area contributed by atoms with Crippen LogP contribution >= 0.6 is 11.8 Å². The lowest BCUT2D eigenvalue weighted by Crippen LogP contribution is -2.00. The molecule has 0 aliphatic rings. The first-order chi connectivity index (χ1) is 8.13. The van der Waals surface area contributed by atoms with E-state index >= 15 is 0 Å². The summed E-state index contributed by atoms with van der Waals surface area (Å²) >= 11 is 1.16. The number of methoxy groups -OCH3 is 1. The Hall–Kier alpha value is -1.73. The number of hydrogen-bond acceptors (Lipinski definition) is 4. The third-order valence-corrected chi connectivity index (χ3v) is 2.56. The van der Waals surface area contributed by atoms with Gasteiger partial charge in [0.1, 0.15) is 0 Å². The average molecular weight is 248 g/mol. The monoisotopic (exact) mass is 248 g/mol. The molecular formula is C13H12O3S. The second kappa shape index (κ2) is 6.77. The van der Waals surface area contributed by atoms with Crippen molar-refractivity contribution in [3.05, 3.63) is 35.4 Å². The van der Waals surface area contributed by atoms with Crippen molar-refractivity contribution in [2.75, 3.05) is 12.9 Å². The summed E-state index contributed by atoms with van der Waals surface area (Å²) in [6.07, 6.45) is 0. The van der Waals surface area contributed by atoms with Crippen LogP contribution in [0.4, 0.5) is 0 Å². The smallest absolute Gasteiger partial charge is 0.337 e. The van der Waals surface area contributed by atoms with Crippen LogP contribution in [-0.2, 0) is 9.53 Å². The van der Waals surface area contributed by atoms with Crippen LogP contribution in [0, 0.1) is 11.8 Å². The first-order valence-electron chi connectivity index (χ1n) is 4.94. The highest BCUT2D eigenvalue weighted by molar-refractivity contribution is 8.13. The number of ether oxygens (including phenoxy) is 1. The molecule has 0 spiro atoms. The van der Waals surface area contributed by atoms with Crippen molar-refractivity contribution in [3.63, 3.8) is 0 Å². The van der Waals surface area contributed by atoms with E-state index in [0.29, 0.717) is 11.3 Å². The molecule has 0 aliphatic carbocycles. The largest absolute Gasteiger partial charge is 0.465 e. The molecule has 1 rings (SSSR count). The Morgan fingerprint density at radius 2 is 2.18 bits per heavy atom. The number of thioether (sulfide) groups is 1.